The Kier molecular flexibility index (Phi) is 9.40. The van der Waals surface area contributed by atoms with E-state index in [0.717, 1.165) is 30.1 Å². The average molecular weight is 557 g/mol. The van der Waals surface area contributed by atoms with Gasteiger partial charge < -0.3 is 15.4 Å². The molecule has 0 bridgehead atoms. The number of anilines is 1. The van der Waals surface area contributed by atoms with Crippen LogP contribution in [-0.4, -0.2) is 49.0 Å². The van der Waals surface area contributed by atoms with Crippen molar-refractivity contribution in [3.8, 4) is 28.8 Å². The highest BCUT2D eigenvalue weighted by molar-refractivity contribution is 7.58. The number of nitrogens with two attached hydrogens (primary N) is 1. The van der Waals surface area contributed by atoms with Gasteiger partial charge in [-0.15, -0.1) is 0 Å². The SMILES string of the molecule is CC(C)C.N#C[C@@H](C=[SH+])C(=O)N1CCC[C@@H](n2nc(-c3ccc(Oc4ccccc4)cc3)c3c(N)ncnc32)C1. The van der Waals surface area contributed by atoms with Gasteiger partial charge in [0.2, 0.25) is 5.91 Å². The van der Waals surface area contributed by atoms with Crippen LogP contribution in [0.4, 0.5) is 5.82 Å². The van der Waals surface area contributed by atoms with Crippen molar-refractivity contribution in [1.29, 1.82) is 5.26 Å². The maximum absolute atomic E-state index is 12.8. The highest BCUT2D eigenvalue weighted by atomic mass is 32.1. The predicted molar refractivity (Wildman–Crippen MR) is 161 cm³/mol. The highest BCUT2D eigenvalue weighted by Gasteiger charge is 2.32. The number of amides is 1. The second kappa shape index (κ2) is 13.1. The molecule has 5 rings (SSSR count). The molecule has 9 nitrogen and oxygen atoms in total. The fourth-order valence-electron chi connectivity index (χ4n) is 4.46. The molecule has 0 saturated carbocycles. The molecule has 0 radical (unpaired) electrons. The number of para-hydroxylation sites is 1. The second-order valence-corrected chi connectivity index (χ2v) is 10.6. The van der Waals surface area contributed by atoms with Gasteiger partial charge in [-0.1, -0.05) is 39.0 Å². The summed E-state index contributed by atoms with van der Waals surface area (Å²) in [6.45, 7) is 7.50. The lowest BCUT2D eigenvalue weighted by atomic mass is 10.0. The smallest absolute Gasteiger partial charge is 0.249 e. The number of likely N-dealkylation sites (tertiary alicyclic amines) is 1. The number of rotatable bonds is 6. The molecule has 10 heteroatoms. The minimum atomic E-state index is -0.883. The van der Waals surface area contributed by atoms with Crippen molar-refractivity contribution in [2.75, 3.05) is 18.8 Å². The van der Waals surface area contributed by atoms with Gasteiger partial charge in [-0.25, -0.2) is 14.6 Å². The van der Waals surface area contributed by atoms with Crippen LogP contribution >= 0.6 is 0 Å². The standard InChI is InChI=1S/C26H23N7O2S.C4H10/c27-13-18(15-36)26(34)32-12-4-5-19(14-32)33-25-22(24(28)29-16-30-25)23(31-33)17-8-10-21(11-9-17)35-20-6-2-1-3-7-20;1-4(2)3/h1-3,6-11,15-16,18-19H,4-5,12,14H2,(H2,28,29,30);4H,1-3H3/p+1/t18-,19+;/m0./s1. The molecule has 2 atom stereocenters. The largest absolute Gasteiger partial charge is 0.457 e. The van der Waals surface area contributed by atoms with E-state index in [0.29, 0.717) is 41.4 Å². The number of nitriles is 1. The first-order chi connectivity index (χ1) is 19.3. The Bertz CT molecular complexity index is 1490. The van der Waals surface area contributed by atoms with Gasteiger partial charge in [0.05, 0.1) is 17.5 Å². The fourth-order valence-corrected chi connectivity index (χ4v) is 4.66. The number of fused-ring (bicyclic) bond motifs is 1. The molecule has 1 aliphatic heterocycles. The molecule has 206 valence electrons. The zero-order valence-corrected chi connectivity index (χ0v) is 23.8. The van der Waals surface area contributed by atoms with Gasteiger partial charge >= 0.3 is 0 Å². The summed E-state index contributed by atoms with van der Waals surface area (Å²) in [5, 5.41) is 16.2. The maximum Gasteiger partial charge on any atom is 0.249 e. The van der Waals surface area contributed by atoms with Gasteiger partial charge in [-0.3, -0.25) is 4.79 Å². The summed E-state index contributed by atoms with van der Waals surface area (Å²) >= 11 is 4.03. The summed E-state index contributed by atoms with van der Waals surface area (Å²) in [5.74, 6) is 1.49. The number of piperidine rings is 1. The quantitative estimate of drug-likeness (QED) is 0.203. The lowest BCUT2D eigenvalue weighted by molar-refractivity contribution is -0.133. The lowest BCUT2D eigenvalue weighted by Crippen LogP contribution is -2.43. The Labute approximate surface area is 239 Å². The molecule has 0 spiro atoms. The Morgan fingerprint density at radius 2 is 1.80 bits per heavy atom. The Hall–Kier alpha value is -4.36. The Balaban J connectivity index is 0.000000867. The van der Waals surface area contributed by atoms with Crippen LogP contribution in [0, 0.1) is 23.2 Å². The summed E-state index contributed by atoms with van der Waals surface area (Å²) in [6.07, 6.45) is 3.02. The van der Waals surface area contributed by atoms with Gasteiger partial charge in [0.1, 0.15) is 29.3 Å². The van der Waals surface area contributed by atoms with Gasteiger partial charge in [0.25, 0.3) is 0 Å². The zero-order valence-electron chi connectivity index (χ0n) is 22.9. The normalized spacial score (nSPS) is 15.6. The molecule has 1 aliphatic rings. The molecule has 40 heavy (non-hydrogen) atoms. The number of ether oxygens (including phenoxy) is 1. The van der Waals surface area contributed by atoms with Crippen molar-refractivity contribution in [2.24, 2.45) is 11.8 Å². The number of carbonyl (C=O) groups is 1. The van der Waals surface area contributed by atoms with Crippen LogP contribution in [0.3, 0.4) is 0 Å². The minimum Gasteiger partial charge on any atom is -0.457 e. The number of aromatic nitrogens is 4. The summed E-state index contributed by atoms with van der Waals surface area (Å²) in [5.41, 5.74) is 8.40. The van der Waals surface area contributed by atoms with Crippen LogP contribution in [-0.2, 0) is 17.0 Å². The van der Waals surface area contributed by atoms with E-state index in [1.807, 2.05) is 65.3 Å². The van der Waals surface area contributed by atoms with Crippen LogP contribution in [0.1, 0.15) is 39.7 Å². The molecule has 2 N–H and O–H groups in total. The molecule has 3 heterocycles. The molecule has 1 fully saturated rings. The lowest BCUT2D eigenvalue weighted by Gasteiger charge is -2.33. The fraction of sp³-hybridized carbons (Fsp3) is 0.333. The molecule has 0 aliphatic carbocycles. The highest BCUT2D eigenvalue weighted by Crippen LogP contribution is 2.35. The summed E-state index contributed by atoms with van der Waals surface area (Å²) in [4.78, 5) is 23.2. The summed E-state index contributed by atoms with van der Waals surface area (Å²) in [6, 6.07) is 19.0. The van der Waals surface area contributed by atoms with E-state index in [9.17, 15) is 10.1 Å². The predicted octanol–water partition coefficient (Wildman–Crippen LogP) is 4.91. The first kappa shape index (κ1) is 28.6. The number of thiol groups is 1. The molecule has 0 unspecified atom stereocenters. The van der Waals surface area contributed by atoms with Gasteiger partial charge in [0, 0.05) is 18.7 Å². The van der Waals surface area contributed by atoms with E-state index in [-0.39, 0.29) is 11.9 Å². The number of hydrogen-bond acceptors (Lipinski definition) is 7. The van der Waals surface area contributed by atoms with Crippen LogP contribution < -0.4 is 10.5 Å². The van der Waals surface area contributed by atoms with Crippen molar-refractivity contribution in [3.63, 3.8) is 0 Å². The molecule has 1 saturated heterocycles. The van der Waals surface area contributed by atoms with Gasteiger partial charge in [0.15, 0.2) is 29.2 Å². The van der Waals surface area contributed by atoms with Crippen LogP contribution in [0.2, 0.25) is 0 Å². The third-order valence-corrected chi connectivity index (χ3v) is 6.53. The number of benzene rings is 2. The minimum absolute atomic E-state index is 0.117. The van der Waals surface area contributed by atoms with Crippen molar-refractivity contribution in [3.05, 3.63) is 60.9 Å². The first-order valence-corrected chi connectivity index (χ1v) is 13.8. The monoisotopic (exact) mass is 556 g/mol. The number of hydrogen-bond donors (Lipinski definition) is 1. The Morgan fingerprint density at radius 3 is 2.45 bits per heavy atom. The van der Waals surface area contributed by atoms with E-state index in [1.165, 1.54) is 11.7 Å². The van der Waals surface area contributed by atoms with E-state index >= 15 is 0 Å². The topological polar surface area (TPSA) is 123 Å². The third kappa shape index (κ3) is 6.61. The van der Waals surface area contributed by atoms with Gasteiger partial charge in [-0.2, -0.15) is 10.4 Å². The van der Waals surface area contributed by atoms with E-state index in [1.54, 1.807) is 4.90 Å². The van der Waals surface area contributed by atoms with Crippen molar-refractivity contribution < 1.29 is 9.53 Å². The van der Waals surface area contributed by atoms with E-state index < -0.39 is 5.92 Å². The second-order valence-electron chi connectivity index (χ2n) is 10.3. The number of nitrogens with zero attached hydrogens (tertiary/aromatic N) is 6. The van der Waals surface area contributed by atoms with E-state index in [4.69, 9.17) is 15.6 Å². The number of carbonyl (C=O) groups excluding carboxylic acids is 1. The molecule has 1 amide bonds. The first-order valence-electron chi connectivity index (χ1n) is 13.3. The molecule has 2 aromatic heterocycles. The van der Waals surface area contributed by atoms with Crippen LogP contribution in [0.5, 0.6) is 11.5 Å². The van der Waals surface area contributed by atoms with Crippen molar-refractivity contribution >= 4 is 40.3 Å². The molecular weight excluding hydrogens is 522 g/mol. The maximum atomic E-state index is 12.8. The van der Waals surface area contributed by atoms with E-state index in [2.05, 4.69) is 43.0 Å². The third-order valence-electron chi connectivity index (χ3n) is 6.23. The van der Waals surface area contributed by atoms with Crippen molar-refractivity contribution in [1.82, 2.24) is 24.6 Å². The molecule has 2 aromatic carbocycles. The number of nitrogen functional groups attached to an aromatic ring is 1. The molecular formula is C30H34N7O2S+. The van der Waals surface area contributed by atoms with Crippen molar-refractivity contribution in [2.45, 2.75) is 39.7 Å². The summed E-state index contributed by atoms with van der Waals surface area (Å²) < 4.78 is 7.75. The summed E-state index contributed by atoms with van der Waals surface area (Å²) in [7, 11) is 0. The Morgan fingerprint density at radius 1 is 1.12 bits per heavy atom. The van der Waals surface area contributed by atoms with Crippen LogP contribution in [0.15, 0.2) is 60.9 Å². The zero-order chi connectivity index (χ0) is 28.6. The molecule has 4 aromatic rings. The van der Waals surface area contributed by atoms with Gasteiger partial charge in [-0.05, 0) is 55.2 Å². The average Bonchev–Trinajstić information content (AvgIpc) is 3.35. The van der Waals surface area contributed by atoms with Crippen LogP contribution in [0.25, 0.3) is 22.3 Å².